The number of hydrogen-bond acceptors (Lipinski definition) is 3. The Labute approximate surface area is 100 Å². The molecule has 0 rings (SSSR count). The predicted octanol–water partition coefficient (Wildman–Crippen LogP) is 1.29. The quantitative estimate of drug-likeness (QED) is 0.566. The van der Waals surface area contributed by atoms with Crippen LogP contribution in [0.15, 0.2) is 0 Å². The number of carbonyl (C=O) groups excluding carboxylic acids is 1. The van der Waals surface area contributed by atoms with Crippen LogP contribution in [-0.2, 0) is 4.79 Å². The zero-order valence-electron chi connectivity index (χ0n) is 9.78. The third-order valence-corrected chi connectivity index (χ3v) is 2.65. The number of amides is 2. The SMILES string of the molecule is CCCC[C@H](NC(=O)NCCSC)C(=O)O. The minimum absolute atomic E-state index is 0.405. The Morgan fingerprint density at radius 3 is 2.62 bits per heavy atom. The molecule has 6 heteroatoms. The maximum Gasteiger partial charge on any atom is 0.326 e. The molecule has 5 nitrogen and oxygen atoms in total. The molecular weight excluding hydrogens is 228 g/mol. The van der Waals surface area contributed by atoms with Crippen molar-refractivity contribution in [3.63, 3.8) is 0 Å². The van der Waals surface area contributed by atoms with Gasteiger partial charge in [0.15, 0.2) is 0 Å². The van der Waals surface area contributed by atoms with Gasteiger partial charge in [0.2, 0.25) is 0 Å². The second-order valence-corrected chi connectivity index (χ2v) is 4.41. The first-order valence-electron chi connectivity index (χ1n) is 5.38. The number of rotatable bonds is 8. The Kier molecular flexibility index (Phi) is 8.80. The lowest BCUT2D eigenvalue weighted by molar-refractivity contribution is -0.139. The molecule has 0 saturated heterocycles. The molecular formula is C10H20N2O3S. The summed E-state index contributed by atoms with van der Waals surface area (Å²) in [7, 11) is 0. The normalized spacial score (nSPS) is 11.9. The van der Waals surface area contributed by atoms with Gasteiger partial charge in [-0.25, -0.2) is 9.59 Å². The molecule has 0 spiro atoms. The van der Waals surface area contributed by atoms with Gasteiger partial charge in [-0.2, -0.15) is 11.8 Å². The van der Waals surface area contributed by atoms with E-state index in [4.69, 9.17) is 5.11 Å². The molecule has 0 bridgehead atoms. The maximum absolute atomic E-state index is 11.3. The summed E-state index contributed by atoms with van der Waals surface area (Å²) < 4.78 is 0. The molecule has 0 aliphatic heterocycles. The maximum atomic E-state index is 11.3. The minimum atomic E-state index is -0.978. The standard InChI is InChI=1S/C10H20N2O3S/c1-3-4-5-8(9(13)14)12-10(15)11-6-7-16-2/h8H,3-7H2,1-2H3,(H,13,14)(H2,11,12,15)/t8-/m0/s1. The fraction of sp³-hybridized carbons (Fsp3) is 0.800. The van der Waals surface area contributed by atoms with E-state index < -0.39 is 18.0 Å². The van der Waals surface area contributed by atoms with Gasteiger partial charge in [-0.05, 0) is 12.7 Å². The van der Waals surface area contributed by atoms with Crippen LogP contribution in [0, 0.1) is 0 Å². The summed E-state index contributed by atoms with van der Waals surface area (Å²) in [5.41, 5.74) is 0. The average molecular weight is 248 g/mol. The van der Waals surface area contributed by atoms with Crippen molar-refractivity contribution in [1.29, 1.82) is 0 Å². The van der Waals surface area contributed by atoms with E-state index in [0.29, 0.717) is 13.0 Å². The zero-order valence-corrected chi connectivity index (χ0v) is 10.6. The summed E-state index contributed by atoms with van der Waals surface area (Å²) in [6.45, 7) is 2.53. The summed E-state index contributed by atoms with van der Waals surface area (Å²) >= 11 is 1.62. The Bertz CT molecular complexity index is 224. The van der Waals surface area contributed by atoms with Gasteiger partial charge in [-0.1, -0.05) is 19.8 Å². The Morgan fingerprint density at radius 2 is 2.12 bits per heavy atom. The van der Waals surface area contributed by atoms with Gasteiger partial charge in [0, 0.05) is 12.3 Å². The predicted molar refractivity (Wildman–Crippen MR) is 65.9 cm³/mol. The van der Waals surface area contributed by atoms with E-state index in [-0.39, 0.29) is 0 Å². The third-order valence-electron chi connectivity index (χ3n) is 2.04. The molecule has 94 valence electrons. The van der Waals surface area contributed by atoms with E-state index in [1.807, 2.05) is 13.2 Å². The fourth-order valence-electron chi connectivity index (χ4n) is 1.14. The van der Waals surface area contributed by atoms with Crippen LogP contribution in [0.5, 0.6) is 0 Å². The molecule has 16 heavy (non-hydrogen) atoms. The highest BCUT2D eigenvalue weighted by molar-refractivity contribution is 7.98. The number of carbonyl (C=O) groups is 2. The lowest BCUT2D eigenvalue weighted by atomic mass is 10.1. The van der Waals surface area contributed by atoms with Crippen molar-refractivity contribution in [3.8, 4) is 0 Å². The molecule has 0 heterocycles. The van der Waals surface area contributed by atoms with Crippen molar-refractivity contribution >= 4 is 23.8 Å². The highest BCUT2D eigenvalue weighted by Gasteiger charge is 2.18. The van der Waals surface area contributed by atoms with Crippen LogP contribution < -0.4 is 10.6 Å². The molecule has 0 aliphatic rings. The summed E-state index contributed by atoms with van der Waals surface area (Å²) in [5.74, 6) is -0.159. The van der Waals surface area contributed by atoms with Crippen molar-refractivity contribution in [2.24, 2.45) is 0 Å². The first kappa shape index (κ1) is 15.1. The van der Waals surface area contributed by atoms with Gasteiger partial charge >= 0.3 is 12.0 Å². The van der Waals surface area contributed by atoms with Crippen LogP contribution >= 0.6 is 11.8 Å². The molecule has 0 aromatic rings. The Morgan fingerprint density at radius 1 is 1.44 bits per heavy atom. The first-order chi connectivity index (χ1) is 7.61. The van der Waals surface area contributed by atoms with Gasteiger partial charge in [0.1, 0.15) is 6.04 Å². The highest BCUT2D eigenvalue weighted by Crippen LogP contribution is 2.00. The number of carboxylic acid groups (broad SMARTS) is 1. The van der Waals surface area contributed by atoms with Crippen LogP contribution in [0.4, 0.5) is 4.79 Å². The van der Waals surface area contributed by atoms with Gasteiger partial charge in [0.25, 0.3) is 0 Å². The van der Waals surface area contributed by atoms with Gasteiger partial charge in [-0.15, -0.1) is 0 Å². The van der Waals surface area contributed by atoms with Crippen LogP contribution in [-0.4, -0.2) is 41.7 Å². The molecule has 0 aliphatic carbocycles. The van der Waals surface area contributed by atoms with E-state index in [9.17, 15) is 9.59 Å². The lowest BCUT2D eigenvalue weighted by Gasteiger charge is -2.14. The molecule has 2 amide bonds. The molecule has 1 atom stereocenters. The third kappa shape index (κ3) is 7.39. The lowest BCUT2D eigenvalue weighted by Crippen LogP contribution is -2.46. The summed E-state index contributed by atoms with van der Waals surface area (Å²) in [5, 5.41) is 13.9. The number of carboxylic acids is 1. The van der Waals surface area contributed by atoms with E-state index >= 15 is 0 Å². The Hall–Kier alpha value is -0.910. The van der Waals surface area contributed by atoms with Gasteiger partial charge in [0.05, 0.1) is 0 Å². The van der Waals surface area contributed by atoms with Crippen LogP contribution in [0.2, 0.25) is 0 Å². The average Bonchev–Trinajstić information content (AvgIpc) is 2.24. The second-order valence-electron chi connectivity index (χ2n) is 3.43. The molecule has 0 saturated carbocycles. The van der Waals surface area contributed by atoms with E-state index in [0.717, 1.165) is 18.6 Å². The number of unbranched alkanes of at least 4 members (excludes halogenated alkanes) is 1. The molecule has 3 N–H and O–H groups in total. The largest absolute Gasteiger partial charge is 0.480 e. The first-order valence-corrected chi connectivity index (χ1v) is 6.77. The van der Waals surface area contributed by atoms with Crippen LogP contribution in [0.3, 0.4) is 0 Å². The smallest absolute Gasteiger partial charge is 0.326 e. The van der Waals surface area contributed by atoms with Crippen molar-refractivity contribution < 1.29 is 14.7 Å². The number of thioether (sulfide) groups is 1. The summed E-state index contributed by atoms with van der Waals surface area (Å²) in [6, 6.07) is -1.19. The monoisotopic (exact) mass is 248 g/mol. The van der Waals surface area contributed by atoms with Crippen molar-refractivity contribution in [3.05, 3.63) is 0 Å². The van der Waals surface area contributed by atoms with Crippen molar-refractivity contribution in [1.82, 2.24) is 10.6 Å². The molecule has 0 aromatic heterocycles. The van der Waals surface area contributed by atoms with Crippen molar-refractivity contribution in [2.45, 2.75) is 32.2 Å². The molecule has 0 fully saturated rings. The molecule has 0 unspecified atom stereocenters. The van der Waals surface area contributed by atoms with Crippen molar-refractivity contribution in [2.75, 3.05) is 18.6 Å². The Balaban J connectivity index is 3.88. The fourth-order valence-corrected chi connectivity index (χ4v) is 1.45. The summed E-state index contributed by atoms with van der Waals surface area (Å²) in [4.78, 5) is 22.1. The van der Waals surface area contributed by atoms with E-state index in [2.05, 4.69) is 10.6 Å². The highest BCUT2D eigenvalue weighted by atomic mass is 32.2. The number of urea groups is 1. The van der Waals surface area contributed by atoms with Gasteiger partial charge < -0.3 is 15.7 Å². The molecule has 0 aromatic carbocycles. The van der Waals surface area contributed by atoms with Crippen LogP contribution in [0.25, 0.3) is 0 Å². The topological polar surface area (TPSA) is 78.4 Å². The number of hydrogen-bond donors (Lipinski definition) is 3. The van der Waals surface area contributed by atoms with Gasteiger partial charge in [-0.3, -0.25) is 0 Å². The zero-order chi connectivity index (χ0) is 12.4. The summed E-state index contributed by atoms with van der Waals surface area (Å²) in [6.07, 6.45) is 4.13. The van der Waals surface area contributed by atoms with Crippen LogP contribution in [0.1, 0.15) is 26.2 Å². The number of aliphatic carboxylic acids is 1. The minimum Gasteiger partial charge on any atom is -0.480 e. The van der Waals surface area contributed by atoms with E-state index in [1.54, 1.807) is 11.8 Å². The number of nitrogens with one attached hydrogen (secondary N) is 2. The molecule has 0 radical (unpaired) electrons. The van der Waals surface area contributed by atoms with E-state index in [1.165, 1.54) is 0 Å². The second kappa shape index (κ2) is 9.33.